The van der Waals surface area contributed by atoms with Crippen LogP contribution in [-0.2, 0) is 14.3 Å². The molecule has 1 aromatic carbocycles. The first-order valence-electron chi connectivity index (χ1n) is 7.37. The Morgan fingerprint density at radius 1 is 1.50 bits per heavy atom. The van der Waals surface area contributed by atoms with E-state index >= 15 is 0 Å². The van der Waals surface area contributed by atoms with Crippen molar-refractivity contribution in [1.29, 1.82) is 5.26 Å². The number of nitrogens with zero attached hydrogens (tertiary/aromatic N) is 1. The Morgan fingerprint density at radius 3 is 2.75 bits per heavy atom. The van der Waals surface area contributed by atoms with Crippen molar-refractivity contribution in [3.63, 3.8) is 0 Å². The highest BCUT2D eigenvalue weighted by Gasteiger charge is 2.37. The summed E-state index contributed by atoms with van der Waals surface area (Å²) in [7, 11) is 0. The van der Waals surface area contributed by atoms with Crippen molar-refractivity contribution in [2.45, 2.75) is 26.2 Å². The second-order valence-electron chi connectivity index (χ2n) is 5.01. The number of rotatable bonds is 4. The summed E-state index contributed by atoms with van der Waals surface area (Å²) < 4.78 is 24.4. The molecule has 2 N–H and O–H groups in total. The van der Waals surface area contributed by atoms with Crippen molar-refractivity contribution in [1.82, 2.24) is 0 Å². The van der Waals surface area contributed by atoms with E-state index in [1.54, 1.807) is 13.8 Å². The topological polar surface area (TPSA) is 85.3 Å². The number of allylic oxidation sites excluding steroid dienone is 2. The molecule has 0 saturated heterocycles. The number of benzene rings is 1. The fraction of sp³-hybridized carbons (Fsp3) is 0.294. The maximum atomic E-state index is 13.6. The van der Waals surface area contributed by atoms with Crippen molar-refractivity contribution < 1.29 is 18.7 Å². The summed E-state index contributed by atoms with van der Waals surface area (Å²) in [6.45, 7) is 3.67. The molecule has 0 radical (unpaired) electrons. The van der Waals surface area contributed by atoms with Crippen LogP contribution in [0.3, 0.4) is 0 Å². The monoisotopic (exact) mass is 394 g/mol. The summed E-state index contributed by atoms with van der Waals surface area (Å²) in [5.74, 6) is -1.52. The first-order valence-corrected chi connectivity index (χ1v) is 8.16. The number of carbonyl (C=O) groups excluding carboxylic acids is 1. The number of ether oxygens (including phenoxy) is 2. The SMILES string of the molecule is CCOC(=O)C1=C(CC)OC(N)=C(C#N)C1c1ccc(F)c(Br)c1. The van der Waals surface area contributed by atoms with Crippen LogP contribution in [0.5, 0.6) is 0 Å². The minimum absolute atomic E-state index is 0.0622. The van der Waals surface area contributed by atoms with Gasteiger partial charge in [0, 0.05) is 6.42 Å². The van der Waals surface area contributed by atoms with Gasteiger partial charge >= 0.3 is 5.97 Å². The highest BCUT2D eigenvalue weighted by molar-refractivity contribution is 9.10. The summed E-state index contributed by atoms with van der Waals surface area (Å²) >= 11 is 3.12. The van der Waals surface area contributed by atoms with Crippen LogP contribution in [-0.4, -0.2) is 12.6 Å². The van der Waals surface area contributed by atoms with Crippen molar-refractivity contribution in [3.8, 4) is 6.07 Å². The quantitative estimate of drug-likeness (QED) is 0.788. The van der Waals surface area contributed by atoms with Gasteiger partial charge in [0.1, 0.15) is 23.2 Å². The maximum Gasteiger partial charge on any atom is 0.338 e. The lowest BCUT2D eigenvalue weighted by molar-refractivity contribution is -0.139. The Morgan fingerprint density at radius 2 is 2.21 bits per heavy atom. The molecule has 5 nitrogen and oxygen atoms in total. The van der Waals surface area contributed by atoms with Gasteiger partial charge in [0.15, 0.2) is 0 Å². The molecule has 1 aromatic rings. The minimum atomic E-state index is -0.769. The van der Waals surface area contributed by atoms with Crippen LogP contribution in [0.15, 0.2) is 45.5 Å². The van der Waals surface area contributed by atoms with E-state index in [-0.39, 0.29) is 28.1 Å². The van der Waals surface area contributed by atoms with Crippen LogP contribution in [0.2, 0.25) is 0 Å². The van der Waals surface area contributed by atoms with Crippen LogP contribution < -0.4 is 5.73 Å². The average molecular weight is 395 g/mol. The van der Waals surface area contributed by atoms with Gasteiger partial charge < -0.3 is 15.2 Å². The first-order chi connectivity index (χ1) is 11.4. The number of nitrogens with two attached hydrogens (primary N) is 1. The largest absolute Gasteiger partial charge is 0.463 e. The lowest BCUT2D eigenvalue weighted by Gasteiger charge is -2.27. The molecule has 0 amide bonds. The van der Waals surface area contributed by atoms with Gasteiger partial charge in [-0.3, -0.25) is 0 Å². The third-order valence-corrected chi connectivity index (χ3v) is 4.20. The van der Waals surface area contributed by atoms with Crippen molar-refractivity contribution in [2.24, 2.45) is 5.73 Å². The highest BCUT2D eigenvalue weighted by Crippen LogP contribution is 2.41. The molecular formula is C17H16BrFN2O3. The van der Waals surface area contributed by atoms with Gasteiger partial charge in [0.2, 0.25) is 5.88 Å². The predicted molar refractivity (Wildman–Crippen MR) is 88.7 cm³/mol. The van der Waals surface area contributed by atoms with Crippen molar-refractivity contribution in [3.05, 3.63) is 56.8 Å². The molecule has 1 aliphatic rings. The molecule has 1 unspecified atom stereocenters. The van der Waals surface area contributed by atoms with Gasteiger partial charge in [0.05, 0.1) is 22.6 Å². The fourth-order valence-corrected chi connectivity index (χ4v) is 2.93. The third kappa shape index (κ3) is 3.29. The van der Waals surface area contributed by atoms with Crippen LogP contribution in [0.25, 0.3) is 0 Å². The zero-order chi connectivity index (χ0) is 17.9. The second kappa shape index (κ2) is 7.49. The van der Waals surface area contributed by atoms with Gasteiger partial charge in [-0.25, -0.2) is 9.18 Å². The van der Waals surface area contributed by atoms with Gasteiger partial charge in [-0.2, -0.15) is 5.26 Å². The Bertz CT molecular complexity index is 781. The molecule has 0 bridgehead atoms. The molecule has 0 aliphatic carbocycles. The molecule has 126 valence electrons. The molecule has 0 aromatic heterocycles. The average Bonchev–Trinajstić information content (AvgIpc) is 2.56. The Balaban J connectivity index is 2.68. The molecule has 1 heterocycles. The molecule has 0 fully saturated rings. The Kier molecular flexibility index (Phi) is 5.62. The minimum Gasteiger partial charge on any atom is -0.463 e. The summed E-state index contributed by atoms with van der Waals surface area (Å²) in [5.41, 5.74) is 6.70. The first kappa shape index (κ1) is 18.0. The van der Waals surface area contributed by atoms with Gasteiger partial charge in [0.25, 0.3) is 0 Å². The van der Waals surface area contributed by atoms with Gasteiger partial charge in [-0.05, 0) is 40.5 Å². The molecular weight excluding hydrogens is 379 g/mol. The van der Waals surface area contributed by atoms with Crippen LogP contribution >= 0.6 is 15.9 Å². The van der Waals surface area contributed by atoms with Gasteiger partial charge in [-0.1, -0.05) is 13.0 Å². The number of nitriles is 1. The summed E-state index contributed by atoms with van der Waals surface area (Å²) in [4.78, 5) is 12.5. The van der Waals surface area contributed by atoms with E-state index in [1.807, 2.05) is 6.07 Å². The number of halogens is 2. The smallest absolute Gasteiger partial charge is 0.338 e. The Labute approximate surface area is 147 Å². The third-order valence-electron chi connectivity index (χ3n) is 3.59. The van der Waals surface area contributed by atoms with Crippen LogP contribution in [0, 0.1) is 17.1 Å². The fourth-order valence-electron chi connectivity index (χ4n) is 2.54. The standard InChI is InChI=1S/C17H16BrFN2O3/c1-3-13-15(17(22)23-4-2)14(10(8-20)16(21)24-13)9-5-6-12(19)11(18)7-9/h5-7,14H,3-4,21H2,1-2H3. The van der Waals surface area contributed by atoms with E-state index < -0.39 is 17.7 Å². The summed E-state index contributed by atoms with van der Waals surface area (Å²) in [6.07, 6.45) is 0.395. The highest BCUT2D eigenvalue weighted by atomic mass is 79.9. The number of hydrogen-bond donors (Lipinski definition) is 1. The van der Waals surface area contributed by atoms with Gasteiger partial charge in [-0.15, -0.1) is 0 Å². The maximum absolute atomic E-state index is 13.6. The van der Waals surface area contributed by atoms with E-state index in [2.05, 4.69) is 15.9 Å². The lowest BCUT2D eigenvalue weighted by atomic mass is 9.82. The molecule has 2 rings (SSSR count). The van der Waals surface area contributed by atoms with E-state index in [1.165, 1.54) is 18.2 Å². The van der Waals surface area contributed by atoms with Crippen LogP contribution in [0.4, 0.5) is 4.39 Å². The number of hydrogen-bond acceptors (Lipinski definition) is 5. The molecule has 7 heteroatoms. The molecule has 24 heavy (non-hydrogen) atoms. The molecule has 1 aliphatic heterocycles. The summed E-state index contributed by atoms with van der Waals surface area (Å²) in [6, 6.07) is 6.27. The van der Waals surface area contributed by atoms with E-state index in [0.717, 1.165) is 0 Å². The normalized spacial score (nSPS) is 17.4. The Hall–Kier alpha value is -2.33. The zero-order valence-corrected chi connectivity index (χ0v) is 14.8. The molecule has 0 spiro atoms. The van der Waals surface area contributed by atoms with E-state index in [4.69, 9.17) is 15.2 Å². The van der Waals surface area contributed by atoms with E-state index in [9.17, 15) is 14.4 Å². The number of esters is 1. The second-order valence-corrected chi connectivity index (χ2v) is 5.86. The molecule has 1 atom stereocenters. The van der Waals surface area contributed by atoms with Crippen molar-refractivity contribution in [2.75, 3.05) is 6.61 Å². The summed E-state index contributed by atoms with van der Waals surface area (Å²) in [5, 5.41) is 9.48. The zero-order valence-electron chi connectivity index (χ0n) is 13.2. The predicted octanol–water partition coefficient (Wildman–Crippen LogP) is 3.62. The van der Waals surface area contributed by atoms with Crippen molar-refractivity contribution >= 4 is 21.9 Å². The molecule has 0 saturated carbocycles. The van der Waals surface area contributed by atoms with Crippen LogP contribution in [0.1, 0.15) is 31.7 Å². The number of carbonyl (C=O) groups is 1. The van der Waals surface area contributed by atoms with E-state index in [0.29, 0.717) is 17.7 Å². The lowest BCUT2D eigenvalue weighted by Crippen LogP contribution is -2.26.